The molecule has 13 heteroatoms. The first kappa shape index (κ1) is 29.7. The van der Waals surface area contributed by atoms with Gasteiger partial charge in [-0.25, -0.2) is 14.8 Å². The first-order chi connectivity index (χ1) is 21.7. The first-order valence-electron chi connectivity index (χ1n) is 14.3. The highest BCUT2D eigenvalue weighted by Gasteiger charge is 2.52. The molecule has 0 aliphatic carbocycles. The van der Waals surface area contributed by atoms with Gasteiger partial charge in [0.05, 0.1) is 35.5 Å². The van der Waals surface area contributed by atoms with Crippen LogP contribution in [0.3, 0.4) is 0 Å². The topological polar surface area (TPSA) is 161 Å². The molecule has 0 saturated carbocycles. The number of hydrazine groups is 1. The van der Waals surface area contributed by atoms with E-state index >= 15 is 0 Å². The molecule has 0 unspecified atom stereocenters. The number of para-hydroxylation sites is 1. The highest BCUT2D eigenvalue weighted by molar-refractivity contribution is 7.22. The Labute approximate surface area is 263 Å². The second-order valence-corrected chi connectivity index (χ2v) is 12.0. The average Bonchev–Trinajstić information content (AvgIpc) is 3.58. The molecule has 6 N–H and O–H groups in total. The van der Waals surface area contributed by atoms with Crippen molar-refractivity contribution >= 4 is 50.2 Å². The van der Waals surface area contributed by atoms with E-state index in [0.717, 1.165) is 15.8 Å². The monoisotopic (exact) mass is 624 g/mol. The Hall–Kier alpha value is -5.32. The minimum absolute atomic E-state index is 0.0706. The molecule has 6 rings (SSSR count). The van der Waals surface area contributed by atoms with Crippen molar-refractivity contribution in [2.24, 2.45) is 0 Å². The van der Waals surface area contributed by atoms with Gasteiger partial charge >= 0.3 is 6.03 Å². The van der Waals surface area contributed by atoms with Crippen molar-refractivity contribution in [3.05, 3.63) is 83.4 Å². The predicted octanol–water partition coefficient (Wildman–Crippen LogP) is 2.35. The SMILES string of the molecule is C#CCN(C(=O)NCc1ccccc1)N1CC(=O)N2[C@@H](Cc3ccc(O)c(N)c3)C(=O)N(Cc3cccc4sc(N)nc34)C[C@@H]21. The Morgan fingerprint density at radius 1 is 1.11 bits per heavy atom. The number of carbonyl (C=O) groups excluding carboxylic acids is 3. The number of fused-ring (bicyclic) bond motifs is 2. The summed E-state index contributed by atoms with van der Waals surface area (Å²) in [5.74, 6) is 1.90. The Kier molecular flexibility index (Phi) is 8.16. The van der Waals surface area contributed by atoms with E-state index in [4.69, 9.17) is 17.9 Å². The number of hydrogen-bond acceptors (Lipinski definition) is 9. The molecule has 4 aromatic rings. The number of terminal acetylenes is 1. The molecule has 0 spiro atoms. The van der Waals surface area contributed by atoms with Crippen LogP contribution in [0.15, 0.2) is 66.7 Å². The summed E-state index contributed by atoms with van der Waals surface area (Å²) in [7, 11) is 0. The summed E-state index contributed by atoms with van der Waals surface area (Å²) >= 11 is 1.37. The smallest absolute Gasteiger partial charge is 0.333 e. The van der Waals surface area contributed by atoms with Crippen LogP contribution in [0.5, 0.6) is 5.75 Å². The molecule has 2 fully saturated rings. The van der Waals surface area contributed by atoms with Gasteiger partial charge in [0, 0.05) is 19.5 Å². The minimum Gasteiger partial charge on any atom is -0.506 e. The number of amides is 4. The quantitative estimate of drug-likeness (QED) is 0.132. The van der Waals surface area contributed by atoms with Gasteiger partial charge in [-0.2, -0.15) is 5.01 Å². The molecule has 4 amide bonds. The number of anilines is 2. The number of nitrogen functional groups attached to an aromatic ring is 2. The standard InChI is InChI=1S/C32H32N8O4S/c1-2-13-38(32(44)35-16-20-7-4-3-5-8-20)39-19-28(42)40-24(15-21-11-12-25(41)23(33)14-21)30(43)37(18-27(39)40)17-22-9-6-10-26-29(22)36-31(34)45-26/h1,3-12,14,24,27,41H,13,15-19,33H2,(H2,34,36)(H,35,44)/t24-,27+/m0/s1. The highest BCUT2D eigenvalue weighted by atomic mass is 32.1. The highest BCUT2D eigenvalue weighted by Crippen LogP contribution is 2.33. The van der Waals surface area contributed by atoms with Gasteiger partial charge in [-0.3, -0.25) is 9.59 Å². The summed E-state index contributed by atoms with van der Waals surface area (Å²) in [6.45, 7) is 0.395. The number of aromatic hydroxyl groups is 1. The second-order valence-electron chi connectivity index (χ2n) is 10.9. The van der Waals surface area contributed by atoms with Crippen molar-refractivity contribution in [3.63, 3.8) is 0 Å². The Balaban J connectivity index is 1.33. The van der Waals surface area contributed by atoms with E-state index in [9.17, 15) is 19.5 Å². The van der Waals surface area contributed by atoms with Crippen LogP contribution in [-0.4, -0.2) is 79.6 Å². The maximum Gasteiger partial charge on any atom is 0.333 e. The molecule has 0 bridgehead atoms. The molecule has 2 aliphatic heterocycles. The van der Waals surface area contributed by atoms with E-state index in [1.165, 1.54) is 27.3 Å². The number of phenolic OH excluding ortho intramolecular Hbond substituents is 1. The van der Waals surface area contributed by atoms with Crippen molar-refractivity contribution in [1.82, 2.24) is 30.1 Å². The van der Waals surface area contributed by atoms with Crippen LogP contribution < -0.4 is 16.8 Å². The zero-order valence-corrected chi connectivity index (χ0v) is 25.1. The van der Waals surface area contributed by atoms with Gasteiger partial charge in [0.15, 0.2) is 5.13 Å². The molecular weight excluding hydrogens is 592 g/mol. The van der Waals surface area contributed by atoms with Gasteiger partial charge < -0.3 is 31.7 Å². The molecule has 3 heterocycles. The van der Waals surface area contributed by atoms with Gasteiger partial charge in [-0.1, -0.05) is 65.8 Å². The van der Waals surface area contributed by atoms with Crippen LogP contribution in [-0.2, 0) is 29.1 Å². The van der Waals surface area contributed by atoms with Crippen LogP contribution in [0.25, 0.3) is 10.2 Å². The zero-order chi connectivity index (χ0) is 31.7. The number of nitrogens with zero attached hydrogens (tertiary/aromatic N) is 5. The third-order valence-electron chi connectivity index (χ3n) is 8.04. The number of aromatic nitrogens is 1. The third-order valence-corrected chi connectivity index (χ3v) is 8.89. The summed E-state index contributed by atoms with van der Waals surface area (Å²) < 4.78 is 0.903. The molecule has 12 nitrogen and oxygen atoms in total. The number of benzene rings is 3. The molecule has 1 aromatic heterocycles. The van der Waals surface area contributed by atoms with Crippen molar-refractivity contribution in [2.45, 2.75) is 31.7 Å². The number of phenols is 1. The van der Waals surface area contributed by atoms with Crippen molar-refractivity contribution in [1.29, 1.82) is 0 Å². The number of carbonyl (C=O) groups is 3. The number of nitrogens with one attached hydrogen (secondary N) is 1. The lowest BCUT2D eigenvalue weighted by Gasteiger charge is -2.46. The van der Waals surface area contributed by atoms with E-state index in [0.29, 0.717) is 16.2 Å². The second kappa shape index (κ2) is 12.4. The van der Waals surface area contributed by atoms with Crippen LogP contribution in [0.1, 0.15) is 16.7 Å². The molecule has 230 valence electrons. The number of piperazine rings is 1. The van der Waals surface area contributed by atoms with Gasteiger partial charge in [0.25, 0.3) is 0 Å². The summed E-state index contributed by atoms with van der Waals surface area (Å²) in [4.78, 5) is 49.1. The maximum atomic E-state index is 14.2. The minimum atomic E-state index is -0.898. The fraction of sp³-hybridized carbons (Fsp3) is 0.250. The van der Waals surface area contributed by atoms with Gasteiger partial charge in [0.1, 0.15) is 18.0 Å². The van der Waals surface area contributed by atoms with Gasteiger partial charge in [-0.15, -0.1) is 6.42 Å². The Bertz CT molecular complexity index is 1810. The van der Waals surface area contributed by atoms with Gasteiger partial charge in [-0.05, 0) is 34.9 Å². The summed E-state index contributed by atoms with van der Waals surface area (Å²) in [5, 5.41) is 16.3. The third kappa shape index (κ3) is 5.93. The van der Waals surface area contributed by atoms with Gasteiger partial charge in [0.2, 0.25) is 11.8 Å². The Morgan fingerprint density at radius 3 is 2.67 bits per heavy atom. The molecule has 2 aliphatic rings. The van der Waals surface area contributed by atoms with Crippen LogP contribution >= 0.6 is 11.3 Å². The zero-order valence-electron chi connectivity index (χ0n) is 24.3. The van der Waals surface area contributed by atoms with Crippen molar-refractivity contribution in [3.8, 4) is 18.1 Å². The molecular formula is C32H32N8O4S. The Morgan fingerprint density at radius 2 is 1.91 bits per heavy atom. The summed E-state index contributed by atoms with van der Waals surface area (Å²) in [6, 6.07) is 18.5. The van der Waals surface area contributed by atoms with E-state index in [-0.39, 0.29) is 62.4 Å². The lowest BCUT2D eigenvalue weighted by molar-refractivity contribution is -0.157. The fourth-order valence-electron chi connectivity index (χ4n) is 5.93. The number of hydrogen-bond donors (Lipinski definition) is 4. The van der Waals surface area contributed by atoms with Crippen LogP contribution in [0, 0.1) is 12.3 Å². The molecule has 3 aromatic carbocycles. The van der Waals surface area contributed by atoms with E-state index in [1.807, 2.05) is 48.5 Å². The predicted molar refractivity (Wildman–Crippen MR) is 171 cm³/mol. The van der Waals surface area contributed by atoms with E-state index < -0.39 is 18.2 Å². The normalized spacial score (nSPS) is 18.2. The van der Waals surface area contributed by atoms with E-state index in [2.05, 4.69) is 16.2 Å². The maximum absolute atomic E-state index is 14.2. The fourth-order valence-corrected chi connectivity index (χ4v) is 6.71. The number of thiazole rings is 1. The van der Waals surface area contributed by atoms with Crippen LogP contribution in [0.2, 0.25) is 0 Å². The summed E-state index contributed by atoms with van der Waals surface area (Å²) in [6.07, 6.45) is 5.17. The average molecular weight is 625 g/mol. The number of urea groups is 1. The number of nitrogens with two attached hydrogens (primary N) is 2. The molecule has 0 radical (unpaired) electrons. The molecule has 2 atom stereocenters. The lowest BCUT2D eigenvalue weighted by Crippen LogP contribution is -2.66. The molecule has 2 saturated heterocycles. The van der Waals surface area contributed by atoms with Crippen molar-refractivity contribution < 1.29 is 19.5 Å². The lowest BCUT2D eigenvalue weighted by atomic mass is 9.99. The van der Waals surface area contributed by atoms with E-state index in [1.54, 1.807) is 22.0 Å². The first-order valence-corrected chi connectivity index (χ1v) is 15.2. The van der Waals surface area contributed by atoms with Crippen molar-refractivity contribution in [2.75, 3.05) is 31.1 Å². The number of rotatable bonds is 8. The summed E-state index contributed by atoms with van der Waals surface area (Å²) in [5.41, 5.74) is 15.2. The molecule has 45 heavy (non-hydrogen) atoms. The van der Waals surface area contributed by atoms with Crippen LogP contribution in [0.4, 0.5) is 15.6 Å². The largest absolute Gasteiger partial charge is 0.506 e.